The van der Waals surface area contributed by atoms with Crippen molar-refractivity contribution in [1.82, 2.24) is 9.80 Å². The maximum atomic E-state index is 12.3. The summed E-state index contributed by atoms with van der Waals surface area (Å²) in [6, 6.07) is 10.1. The van der Waals surface area contributed by atoms with Crippen molar-refractivity contribution < 1.29 is 4.79 Å². The second-order valence-electron chi connectivity index (χ2n) is 4.86. The number of hydrogen-bond acceptors (Lipinski definition) is 3. The van der Waals surface area contributed by atoms with Crippen LogP contribution >= 0.6 is 0 Å². The van der Waals surface area contributed by atoms with E-state index in [1.807, 2.05) is 18.2 Å². The van der Waals surface area contributed by atoms with Crippen LogP contribution in [0.5, 0.6) is 0 Å². The number of carbonyl (C=O) groups is 1. The summed E-state index contributed by atoms with van der Waals surface area (Å²) in [6.45, 7) is 10.7. The van der Waals surface area contributed by atoms with Crippen LogP contribution in [0.3, 0.4) is 0 Å². The Morgan fingerprint density at radius 3 is 2.29 bits per heavy atom. The average Bonchev–Trinajstić information content (AvgIpc) is 2.48. The average molecular weight is 287 g/mol. The van der Waals surface area contributed by atoms with E-state index in [0.717, 1.165) is 6.54 Å². The Bertz CT molecular complexity index is 435. The third-order valence-electron chi connectivity index (χ3n) is 3.10. The summed E-state index contributed by atoms with van der Waals surface area (Å²) < 4.78 is 0. The second kappa shape index (κ2) is 9.91. The zero-order chi connectivity index (χ0) is 15.5. The number of nitrogens with two attached hydrogens (primary N) is 1. The maximum absolute atomic E-state index is 12.3. The first-order valence-corrected chi connectivity index (χ1v) is 7.17. The van der Waals surface area contributed by atoms with Crippen molar-refractivity contribution in [3.05, 3.63) is 61.2 Å². The van der Waals surface area contributed by atoms with E-state index < -0.39 is 0 Å². The van der Waals surface area contributed by atoms with E-state index in [4.69, 9.17) is 5.73 Å². The summed E-state index contributed by atoms with van der Waals surface area (Å²) in [7, 11) is 0. The molecule has 0 aromatic heterocycles. The van der Waals surface area contributed by atoms with Crippen molar-refractivity contribution in [2.24, 2.45) is 5.73 Å². The Hall–Kier alpha value is -1.91. The molecule has 4 heteroatoms. The first-order chi connectivity index (χ1) is 10.2. The van der Waals surface area contributed by atoms with Gasteiger partial charge in [-0.05, 0) is 5.56 Å². The quantitative estimate of drug-likeness (QED) is 0.666. The molecule has 2 N–H and O–H groups in total. The summed E-state index contributed by atoms with van der Waals surface area (Å²) in [5.74, 6) is 0.0687. The van der Waals surface area contributed by atoms with Crippen LogP contribution in [-0.4, -0.2) is 48.4 Å². The van der Waals surface area contributed by atoms with Gasteiger partial charge in [-0.25, -0.2) is 0 Å². The van der Waals surface area contributed by atoms with Crippen LogP contribution in [0.1, 0.15) is 5.56 Å². The standard InChI is InChI=1S/C17H25N3O/c1-3-11-20(12-4-2)17(21)15-19(13-10-18)14-16-8-6-5-7-9-16/h3-9H,1-2,10-15,18H2. The van der Waals surface area contributed by atoms with Gasteiger partial charge < -0.3 is 10.6 Å². The molecule has 21 heavy (non-hydrogen) atoms. The van der Waals surface area contributed by atoms with Crippen LogP contribution < -0.4 is 5.73 Å². The first-order valence-electron chi connectivity index (χ1n) is 7.17. The predicted octanol–water partition coefficient (Wildman–Crippen LogP) is 1.65. The number of rotatable bonds is 10. The molecule has 4 nitrogen and oxygen atoms in total. The Kier molecular flexibility index (Phi) is 8.09. The largest absolute Gasteiger partial charge is 0.334 e. The van der Waals surface area contributed by atoms with Crippen molar-refractivity contribution in [1.29, 1.82) is 0 Å². The van der Waals surface area contributed by atoms with E-state index in [1.165, 1.54) is 5.56 Å². The van der Waals surface area contributed by atoms with Gasteiger partial charge in [0.15, 0.2) is 0 Å². The highest BCUT2D eigenvalue weighted by Crippen LogP contribution is 2.05. The van der Waals surface area contributed by atoms with Crippen molar-refractivity contribution in [2.75, 3.05) is 32.7 Å². The minimum absolute atomic E-state index is 0.0687. The van der Waals surface area contributed by atoms with Crippen molar-refractivity contribution in [2.45, 2.75) is 6.54 Å². The number of hydrogen-bond donors (Lipinski definition) is 1. The maximum Gasteiger partial charge on any atom is 0.237 e. The van der Waals surface area contributed by atoms with Gasteiger partial charge in [0.2, 0.25) is 5.91 Å². The van der Waals surface area contributed by atoms with E-state index in [9.17, 15) is 4.79 Å². The van der Waals surface area contributed by atoms with Gasteiger partial charge in [0.1, 0.15) is 0 Å². The zero-order valence-electron chi connectivity index (χ0n) is 12.6. The van der Waals surface area contributed by atoms with E-state index >= 15 is 0 Å². The summed E-state index contributed by atoms with van der Waals surface area (Å²) in [5, 5.41) is 0. The molecular weight excluding hydrogens is 262 g/mol. The van der Waals surface area contributed by atoms with Crippen LogP contribution in [0.25, 0.3) is 0 Å². The van der Waals surface area contributed by atoms with Crippen molar-refractivity contribution in [3.63, 3.8) is 0 Å². The lowest BCUT2D eigenvalue weighted by atomic mass is 10.2. The number of amides is 1. The van der Waals surface area contributed by atoms with E-state index in [0.29, 0.717) is 32.7 Å². The molecule has 0 heterocycles. The molecule has 1 rings (SSSR count). The molecule has 1 aromatic carbocycles. The zero-order valence-corrected chi connectivity index (χ0v) is 12.6. The lowest BCUT2D eigenvalue weighted by molar-refractivity contribution is -0.131. The molecule has 0 atom stereocenters. The topological polar surface area (TPSA) is 49.6 Å². The Labute approximate surface area is 127 Å². The van der Waals surface area contributed by atoms with Crippen molar-refractivity contribution in [3.8, 4) is 0 Å². The van der Waals surface area contributed by atoms with Gasteiger partial charge in [-0.2, -0.15) is 0 Å². The lowest BCUT2D eigenvalue weighted by Crippen LogP contribution is -2.41. The molecule has 0 saturated heterocycles. The molecule has 0 spiro atoms. The lowest BCUT2D eigenvalue weighted by Gasteiger charge is -2.26. The normalized spacial score (nSPS) is 10.4. The number of carbonyl (C=O) groups excluding carboxylic acids is 1. The Balaban J connectivity index is 2.65. The van der Waals surface area contributed by atoms with Crippen molar-refractivity contribution >= 4 is 5.91 Å². The van der Waals surface area contributed by atoms with Gasteiger partial charge in [-0.15, -0.1) is 13.2 Å². The van der Waals surface area contributed by atoms with Crippen LogP contribution in [0.15, 0.2) is 55.6 Å². The van der Waals surface area contributed by atoms with Gasteiger partial charge in [0.05, 0.1) is 6.54 Å². The molecule has 0 saturated carbocycles. The Morgan fingerprint density at radius 1 is 1.14 bits per heavy atom. The number of nitrogens with zero attached hydrogens (tertiary/aromatic N) is 2. The molecule has 1 amide bonds. The fourth-order valence-electron chi connectivity index (χ4n) is 2.12. The van der Waals surface area contributed by atoms with Crippen LogP contribution in [-0.2, 0) is 11.3 Å². The van der Waals surface area contributed by atoms with Crippen LogP contribution in [0.4, 0.5) is 0 Å². The molecule has 0 fully saturated rings. The van der Waals surface area contributed by atoms with Gasteiger partial charge in [-0.3, -0.25) is 9.69 Å². The van der Waals surface area contributed by atoms with Crippen LogP contribution in [0.2, 0.25) is 0 Å². The van der Waals surface area contributed by atoms with Gasteiger partial charge in [0, 0.05) is 32.7 Å². The highest BCUT2D eigenvalue weighted by molar-refractivity contribution is 5.78. The minimum Gasteiger partial charge on any atom is -0.334 e. The molecule has 1 aromatic rings. The summed E-state index contributed by atoms with van der Waals surface area (Å²) in [4.78, 5) is 16.1. The third-order valence-corrected chi connectivity index (χ3v) is 3.10. The monoisotopic (exact) mass is 287 g/mol. The molecule has 0 radical (unpaired) electrons. The summed E-state index contributed by atoms with van der Waals surface area (Å²) in [6.07, 6.45) is 3.46. The number of benzene rings is 1. The molecular formula is C17H25N3O. The molecule has 0 unspecified atom stereocenters. The fourth-order valence-corrected chi connectivity index (χ4v) is 2.12. The SMILES string of the molecule is C=CCN(CC=C)C(=O)CN(CCN)Cc1ccccc1. The predicted molar refractivity (Wildman–Crippen MR) is 87.7 cm³/mol. The molecule has 0 aliphatic carbocycles. The molecule has 0 aliphatic rings. The van der Waals surface area contributed by atoms with E-state index in [-0.39, 0.29) is 5.91 Å². The first kappa shape index (κ1) is 17.1. The summed E-state index contributed by atoms with van der Waals surface area (Å²) >= 11 is 0. The second-order valence-corrected chi connectivity index (χ2v) is 4.86. The molecule has 0 bridgehead atoms. The molecule has 0 aliphatic heterocycles. The highest BCUT2D eigenvalue weighted by Gasteiger charge is 2.15. The molecule has 114 valence electrons. The van der Waals surface area contributed by atoms with E-state index in [1.54, 1.807) is 17.1 Å². The van der Waals surface area contributed by atoms with Crippen LogP contribution in [0, 0.1) is 0 Å². The third kappa shape index (κ3) is 6.38. The minimum atomic E-state index is 0.0687. The highest BCUT2D eigenvalue weighted by atomic mass is 16.2. The Morgan fingerprint density at radius 2 is 1.76 bits per heavy atom. The van der Waals surface area contributed by atoms with Gasteiger partial charge in [0.25, 0.3) is 0 Å². The fraction of sp³-hybridized carbons (Fsp3) is 0.353. The van der Waals surface area contributed by atoms with Gasteiger partial charge >= 0.3 is 0 Å². The smallest absolute Gasteiger partial charge is 0.237 e. The summed E-state index contributed by atoms with van der Waals surface area (Å²) in [5.41, 5.74) is 6.83. The van der Waals surface area contributed by atoms with E-state index in [2.05, 4.69) is 30.2 Å². The van der Waals surface area contributed by atoms with Gasteiger partial charge in [-0.1, -0.05) is 42.5 Å².